The zero-order chi connectivity index (χ0) is 14.5. The van der Waals surface area contributed by atoms with E-state index in [9.17, 15) is 9.59 Å². The van der Waals surface area contributed by atoms with E-state index in [0.29, 0.717) is 0 Å². The fourth-order valence-electron chi connectivity index (χ4n) is 2.05. The van der Waals surface area contributed by atoms with E-state index in [1.54, 1.807) is 24.3 Å². The summed E-state index contributed by atoms with van der Waals surface area (Å²) in [6.45, 7) is 5.34. The van der Waals surface area contributed by atoms with E-state index in [1.807, 2.05) is 13.8 Å². The normalized spacial score (nSPS) is 17.2. The maximum absolute atomic E-state index is 11.9. The van der Waals surface area contributed by atoms with Gasteiger partial charge in [-0.15, -0.1) is 12.4 Å². The third-order valence-corrected chi connectivity index (χ3v) is 3.38. The summed E-state index contributed by atoms with van der Waals surface area (Å²) in [5.41, 5.74) is 1.49. The quantitative estimate of drug-likeness (QED) is 0.799. The minimum Gasteiger partial charge on any atom is -0.326 e. The molecule has 1 saturated heterocycles. The Morgan fingerprint density at radius 1 is 1.14 bits per heavy atom. The molecule has 116 valence electrons. The van der Waals surface area contributed by atoms with Gasteiger partial charge in [-0.3, -0.25) is 9.59 Å². The Kier molecular flexibility index (Phi) is 6.65. The molecule has 0 aliphatic carbocycles. The van der Waals surface area contributed by atoms with Gasteiger partial charge in [0.1, 0.15) is 0 Å². The van der Waals surface area contributed by atoms with Gasteiger partial charge in [-0.25, -0.2) is 0 Å². The van der Waals surface area contributed by atoms with Crippen molar-refractivity contribution in [2.45, 2.75) is 20.3 Å². The molecule has 21 heavy (non-hydrogen) atoms. The molecule has 2 rings (SSSR count). The van der Waals surface area contributed by atoms with Gasteiger partial charge >= 0.3 is 0 Å². The van der Waals surface area contributed by atoms with Crippen molar-refractivity contribution in [1.29, 1.82) is 0 Å². The number of carbonyl (C=O) groups excluding carboxylic acids is 2. The molecule has 5 nitrogen and oxygen atoms in total. The third-order valence-electron chi connectivity index (χ3n) is 3.38. The number of halogens is 1. The molecule has 0 spiro atoms. The van der Waals surface area contributed by atoms with Crippen LogP contribution in [0.1, 0.15) is 20.3 Å². The van der Waals surface area contributed by atoms with E-state index >= 15 is 0 Å². The highest BCUT2D eigenvalue weighted by atomic mass is 35.5. The molecule has 1 fully saturated rings. The zero-order valence-corrected chi connectivity index (χ0v) is 13.1. The van der Waals surface area contributed by atoms with Crippen molar-refractivity contribution < 1.29 is 9.59 Å². The molecule has 0 radical (unpaired) electrons. The van der Waals surface area contributed by atoms with E-state index in [2.05, 4.69) is 16.0 Å². The molecule has 0 bridgehead atoms. The number of nitrogens with one attached hydrogen (secondary N) is 3. The van der Waals surface area contributed by atoms with Crippen molar-refractivity contribution in [2.24, 2.45) is 11.8 Å². The van der Waals surface area contributed by atoms with Gasteiger partial charge in [-0.2, -0.15) is 0 Å². The Bertz CT molecular complexity index is 482. The van der Waals surface area contributed by atoms with Crippen LogP contribution in [0.15, 0.2) is 24.3 Å². The SMILES string of the molecule is CC(C)C(=O)Nc1ccc(NC(=O)C2CCNC2)cc1.Cl. The average molecular weight is 312 g/mol. The molecule has 0 aromatic heterocycles. The number of carbonyl (C=O) groups is 2. The van der Waals surface area contributed by atoms with Crippen LogP contribution in [0.2, 0.25) is 0 Å². The van der Waals surface area contributed by atoms with E-state index in [0.717, 1.165) is 30.9 Å². The van der Waals surface area contributed by atoms with Gasteiger partial charge in [0.05, 0.1) is 5.92 Å². The van der Waals surface area contributed by atoms with Gasteiger partial charge in [0.2, 0.25) is 11.8 Å². The van der Waals surface area contributed by atoms with Gasteiger partial charge in [-0.05, 0) is 37.2 Å². The van der Waals surface area contributed by atoms with Gasteiger partial charge in [0.25, 0.3) is 0 Å². The van der Waals surface area contributed by atoms with Crippen molar-refractivity contribution in [2.75, 3.05) is 23.7 Å². The van der Waals surface area contributed by atoms with Crippen molar-refractivity contribution in [3.63, 3.8) is 0 Å². The van der Waals surface area contributed by atoms with Crippen LogP contribution in [-0.2, 0) is 9.59 Å². The summed E-state index contributed by atoms with van der Waals surface area (Å²) in [6, 6.07) is 7.19. The first-order valence-electron chi connectivity index (χ1n) is 6.99. The Morgan fingerprint density at radius 3 is 2.19 bits per heavy atom. The first-order chi connectivity index (χ1) is 9.56. The lowest BCUT2D eigenvalue weighted by Gasteiger charge is -2.11. The van der Waals surface area contributed by atoms with Crippen LogP contribution in [0.3, 0.4) is 0 Å². The lowest BCUT2D eigenvalue weighted by atomic mass is 10.1. The van der Waals surface area contributed by atoms with Crippen molar-refractivity contribution >= 4 is 35.6 Å². The molecule has 0 saturated carbocycles. The molecule has 1 aliphatic rings. The fraction of sp³-hybridized carbons (Fsp3) is 0.467. The van der Waals surface area contributed by atoms with Crippen molar-refractivity contribution in [3.8, 4) is 0 Å². The van der Waals surface area contributed by atoms with E-state index in [-0.39, 0.29) is 36.1 Å². The van der Waals surface area contributed by atoms with Crippen LogP contribution in [0, 0.1) is 11.8 Å². The predicted molar refractivity (Wildman–Crippen MR) is 86.8 cm³/mol. The first-order valence-corrected chi connectivity index (χ1v) is 6.99. The highest BCUT2D eigenvalue weighted by Gasteiger charge is 2.22. The maximum Gasteiger partial charge on any atom is 0.228 e. The number of rotatable bonds is 4. The predicted octanol–water partition coefficient (Wildman–Crippen LogP) is 2.25. The molecule has 3 N–H and O–H groups in total. The lowest BCUT2D eigenvalue weighted by molar-refractivity contribution is -0.119. The standard InChI is InChI=1S/C15H21N3O2.ClH/c1-10(2)14(19)17-12-3-5-13(6-4-12)18-15(20)11-7-8-16-9-11;/h3-6,10-11,16H,7-9H2,1-2H3,(H,17,19)(H,18,20);1H. The van der Waals surface area contributed by atoms with Crippen LogP contribution >= 0.6 is 12.4 Å². The Morgan fingerprint density at radius 2 is 1.71 bits per heavy atom. The number of anilines is 2. The van der Waals surface area contributed by atoms with Crippen LogP contribution in [0.25, 0.3) is 0 Å². The molecule has 1 aliphatic heterocycles. The van der Waals surface area contributed by atoms with Crippen molar-refractivity contribution in [1.82, 2.24) is 5.32 Å². The molecule has 1 aromatic carbocycles. The van der Waals surface area contributed by atoms with Crippen LogP contribution < -0.4 is 16.0 Å². The number of hydrogen-bond acceptors (Lipinski definition) is 3. The van der Waals surface area contributed by atoms with Crippen LogP contribution in [-0.4, -0.2) is 24.9 Å². The van der Waals surface area contributed by atoms with Gasteiger partial charge in [0, 0.05) is 23.8 Å². The summed E-state index contributed by atoms with van der Waals surface area (Å²) in [6.07, 6.45) is 0.883. The molecule has 1 unspecified atom stereocenters. The summed E-state index contributed by atoms with van der Waals surface area (Å²) in [5.74, 6) is 0.0346. The minimum atomic E-state index is -0.0516. The van der Waals surface area contributed by atoms with Crippen molar-refractivity contribution in [3.05, 3.63) is 24.3 Å². The monoisotopic (exact) mass is 311 g/mol. The van der Waals surface area contributed by atoms with E-state index < -0.39 is 0 Å². The minimum absolute atomic E-state index is 0. The molecule has 2 amide bonds. The number of benzene rings is 1. The Hall–Kier alpha value is -1.59. The topological polar surface area (TPSA) is 70.2 Å². The fourth-order valence-corrected chi connectivity index (χ4v) is 2.05. The second-order valence-electron chi connectivity index (χ2n) is 5.40. The van der Waals surface area contributed by atoms with Crippen LogP contribution in [0.5, 0.6) is 0 Å². The molecular formula is C15H22ClN3O2. The Labute approximate surface area is 131 Å². The highest BCUT2D eigenvalue weighted by Crippen LogP contribution is 2.16. The molecule has 1 aromatic rings. The summed E-state index contributed by atoms with van der Waals surface area (Å²) >= 11 is 0. The van der Waals surface area contributed by atoms with Gasteiger partial charge < -0.3 is 16.0 Å². The second kappa shape index (κ2) is 8.00. The third kappa shape index (κ3) is 5.02. The first kappa shape index (κ1) is 17.5. The molecule has 1 atom stereocenters. The van der Waals surface area contributed by atoms with Gasteiger partial charge in [0.15, 0.2) is 0 Å². The average Bonchev–Trinajstić information content (AvgIpc) is 2.95. The summed E-state index contributed by atoms with van der Waals surface area (Å²) < 4.78 is 0. The molecular weight excluding hydrogens is 290 g/mol. The van der Waals surface area contributed by atoms with Crippen LogP contribution in [0.4, 0.5) is 11.4 Å². The molecule has 6 heteroatoms. The summed E-state index contributed by atoms with van der Waals surface area (Å²) in [7, 11) is 0. The Balaban J connectivity index is 0.00000220. The van der Waals surface area contributed by atoms with Gasteiger partial charge in [-0.1, -0.05) is 13.8 Å². The van der Waals surface area contributed by atoms with E-state index in [1.165, 1.54) is 0 Å². The highest BCUT2D eigenvalue weighted by molar-refractivity contribution is 5.94. The largest absolute Gasteiger partial charge is 0.326 e. The number of amides is 2. The number of hydrogen-bond donors (Lipinski definition) is 3. The van der Waals surface area contributed by atoms with E-state index in [4.69, 9.17) is 0 Å². The summed E-state index contributed by atoms with van der Waals surface area (Å²) in [4.78, 5) is 23.5. The lowest BCUT2D eigenvalue weighted by Crippen LogP contribution is -2.24. The second-order valence-corrected chi connectivity index (χ2v) is 5.40. The zero-order valence-electron chi connectivity index (χ0n) is 12.3. The smallest absolute Gasteiger partial charge is 0.228 e. The maximum atomic E-state index is 11.9. The molecule has 1 heterocycles. The summed E-state index contributed by atoms with van der Waals surface area (Å²) in [5, 5.41) is 8.88.